The van der Waals surface area contributed by atoms with E-state index in [0.717, 1.165) is 9.13 Å². The summed E-state index contributed by atoms with van der Waals surface area (Å²) in [6, 6.07) is 12.3. The van der Waals surface area contributed by atoms with Crippen LogP contribution in [0.4, 0.5) is 22.7 Å². The van der Waals surface area contributed by atoms with E-state index in [1.165, 1.54) is 24.3 Å². The van der Waals surface area contributed by atoms with Gasteiger partial charge in [0.25, 0.3) is 22.2 Å². The fourth-order valence-corrected chi connectivity index (χ4v) is 7.81. The van der Waals surface area contributed by atoms with E-state index >= 15 is 0 Å². The summed E-state index contributed by atoms with van der Waals surface area (Å²) in [7, 11) is 0. The molecule has 0 radical (unpaired) electrons. The van der Waals surface area contributed by atoms with Gasteiger partial charge in [0.1, 0.15) is 0 Å². The summed E-state index contributed by atoms with van der Waals surface area (Å²) >= 11 is 0. The highest BCUT2D eigenvalue weighted by Gasteiger charge is 2.27. The molecule has 0 atom stereocenters. The van der Waals surface area contributed by atoms with Crippen LogP contribution in [0.15, 0.2) is 86.9 Å². The van der Waals surface area contributed by atoms with Crippen LogP contribution >= 0.6 is 0 Å². The first kappa shape index (κ1) is 36.0. The normalized spacial score (nSPS) is 12.1. The molecule has 6 aromatic carbocycles. The second kappa shape index (κ2) is 13.4. The lowest BCUT2D eigenvalue weighted by atomic mass is 9.97. The molecule has 2 heterocycles. The Morgan fingerprint density at radius 3 is 0.875 bits per heavy atom. The first-order valence-corrected chi connectivity index (χ1v) is 17.6. The minimum atomic E-state index is -0.727. The molecule has 0 unspecified atom stereocenters. The first-order chi connectivity index (χ1) is 26.9. The third kappa shape index (κ3) is 5.06. The molecule has 0 bridgehead atoms. The smallest absolute Gasteiger partial charge is 0.263 e. The van der Waals surface area contributed by atoms with Crippen LogP contribution in [0.3, 0.4) is 0 Å². The number of rotatable bonds is 11. The number of nitrogens with zero attached hydrogens (tertiary/aromatic N) is 2. The quantitative estimate of drug-likeness (QED) is 0.0612. The van der Waals surface area contributed by atoms with Crippen LogP contribution < -0.4 is 66.9 Å². The van der Waals surface area contributed by atoms with Crippen molar-refractivity contribution in [2.24, 2.45) is 0 Å². The van der Waals surface area contributed by atoms with Crippen molar-refractivity contribution >= 4 is 87.4 Å². The van der Waals surface area contributed by atoms with E-state index in [4.69, 9.17) is 32.4 Å². The third-order valence-corrected chi connectivity index (χ3v) is 10.4. The Bertz CT molecular complexity index is 3000. The third-order valence-electron chi connectivity index (χ3n) is 10.4. The number of hydrogen-bond acceptors (Lipinski definition) is 14. The van der Waals surface area contributed by atoms with Crippen molar-refractivity contribution in [1.29, 1.82) is 0 Å². The van der Waals surface area contributed by atoms with Crippen LogP contribution in [0.5, 0.6) is 0 Å². The van der Waals surface area contributed by atoms with Gasteiger partial charge in [-0.15, -0.1) is 0 Å². The molecule has 0 aliphatic carbocycles. The molecule has 16 nitrogen and oxygen atoms in total. The van der Waals surface area contributed by atoms with Gasteiger partial charge in [-0.05, 0) is 12.8 Å². The van der Waals surface area contributed by atoms with Crippen molar-refractivity contribution in [2.45, 2.75) is 25.9 Å². The maximum absolute atomic E-state index is 13.4. The Morgan fingerprint density at radius 1 is 0.375 bits per heavy atom. The number of ether oxygens (including phenoxy) is 2. The van der Waals surface area contributed by atoms with Crippen LogP contribution in [0, 0.1) is 0 Å². The molecule has 0 aliphatic rings. The van der Waals surface area contributed by atoms with Crippen molar-refractivity contribution in [2.75, 3.05) is 49.4 Å². The summed E-state index contributed by atoms with van der Waals surface area (Å²) in [6.45, 7) is 0.481. The second-order valence-electron chi connectivity index (χ2n) is 13.5. The predicted molar refractivity (Wildman–Crippen MR) is 217 cm³/mol. The maximum Gasteiger partial charge on any atom is 0.263 e. The molecule has 8 aromatic rings. The second-order valence-corrected chi connectivity index (χ2v) is 13.5. The average molecular weight is 757 g/mol. The van der Waals surface area contributed by atoms with Gasteiger partial charge in [-0.25, -0.2) is 0 Å². The number of fused-ring (bicyclic) bond motifs is 6. The van der Waals surface area contributed by atoms with Gasteiger partial charge in [-0.2, -0.15) is 0 Å². The van der Waals surface area contributed by atoms with Gasteiger partial charge >= 0.3 is 0 Å². The fraction of sp³-hybridized carbons (Fsp3) is 0.200. The van der Waals surface area contributed by atoms with E-state index in [1.54, 1.807) is 24.3 Å². The summed E-state index contributed by atoms with van der Waals surface area (Å²) in [5.41, 5.74) is 19.0. The molecule has 2 aromatic heterocycles. The van der Waals surface area contributed by atoms with Crippen molar-refractivity contribution in [3.05, 3.63) is 131 Å². The van der Waals surface area contributed by atoms with E-state index in [2.05, 4.69) is 0 Å². The maximum atomic E-state index is 13.4. The molecule has 282 valence electrons. The summed E-state index contributed by atoms with van der Waals surface area (Å²) in [5.74, 6) is 0. The fourth-order valence-electron chi connectivity index (χ4n) is 7.81. The number of nitrogen functional groups attached to an aromatic ring is 4. The number of nitrogens with two attached hydrogens (primary N) is 4. The van der Waals surface area contributed by atoms with Gasteiger partial charge in [-0.3, -0.25) is 47.5 Å². The summed E-state index contributed by atoms with van der Waals surface area (Å²) in [4.78, 5) is 107. The van der Waals surface area contributed by atoms with Crippen molar-refractivity contribution in [3.63, 3.8) is 0 Å². The van der Waals surface area contributed by atoms with E-state index < -0.39 is 44.0 Å². The van der Waals surface area contributed by atoms with Crippen molar-refractivity contribution < 1.29 is 9.47 Å². The lowest BCUT2D eigenvalue weighted by Gasteiger charge is -2.07. The molecular formula is C40H32N6O10. The molecular weight excluding hydrogens is 724 g/mol. The number of benzene rings is 6. The lowest BCUT2D eigenvalue weighted by Crippen LogP contribution is -2.26. The van der Waals surface area contributed by atoms with Crippen LogP contribution in [-0.2, 0) is 22.6 Å². The highest BCUT2D eigenvalue weighted by atomic mass is 16.5. The molecule has 0 saturated carbocycles. The number of anilines is 4. The largest absolute Gasteiger partial charge is 0.397 e. The standard InChI is InChI=1S/C40H32N6O10/c41-29-21-22(34(48)18-8-2-1-7-17(18)33(21)47)30(42)26-25(29)37(51)45(38(26)52)11-5-13-55-15-16-56-14-6-12-46-39(53)27-28(40(46)54)32(44)24-23(31(27)43)35(49)19-9-3-4-10-20(19)36(24)50/h1-4,7-10H,5-6,11-16,41-44H2. The van der Waals surface area contributed by atoms with Crippen LogP contribution in [-0.4, -0.2) is 35.6 Å². The van der Waals surface area contributed by atoms with Crippen molar-refractivity contribution in [3.8, 4) is 0 Å². The highest BCUT2D eigenvalue weighted by molar-refractivity contribution is 6.22. The van der Waals surface area contributed by atoms with E-state index in [-0.39, 0.29) is 140 Å². The monoisotopic (exact) mass is 756 g/mol. The minimum Gasteiger partial charge on any atom is -0.397 e. The SMILES string of the molecule is Nc1c2c(=O)c3ccccc3c(=O)c2c(N)c2c(=O)n(CCCOCCOCCCn3c(=O)c4c(N)c5c(=O)c6ccccc6c(=O)c5c(N)c4c3=O)c(=O)c12. The molecule has 8 N–H and O–H groups in total. The molecule has 0 saturated heterocycles. The van der Waals surface area contributed by atoms with E-state index in [9.17, 15) is 38.4 Å². The highest BCUT2D eigenvalue weighted by Crippen LogP contribution is 2.33. The predicted octanol–water partition coefficient (Wildman–Crippen LogP) is 0.684. The molecule has 0 spiro atoms. The van der Waals surface area contributed by atoms with Gasteiger partial charge in [-0.1, -0.05) is 48.5 Å². The molecule has 0 amide bonds. The van der Waals surface area contributed by atoms with Gasteiger partial charge in [0.05, 0.1) is 79.1 Å². The van der Waals surface area contributed by atoms with Crippen LogP contribution in [0.25, 0.3) is 64.6 Å². The Morgan fingerprint density at radius 2 is 0.625 bits per heavy atom. The van der Waals surface area contributed by atoms with Gasteiger partial charge < -0.3 is 32.4 Å². The Kier molecular flexibility index (Phi) is 8.58. The molecule has 16 heteroatoms. The molecule has 56 heavy (non-hydrogen) atoms. The Balaban J connectivity index is 0.899. The number of hydrogen-bond donors (Lipinski definition) is 4. The topological polar surface area (TPSA) is 269 Å². The zero-order chi connectivity index (χ0) is 39.7. The average Bonchev–Trinajstić information content (AvgIpc) is 3.60. The first-order valence-electron chi connectivity index (χ1n) is 17.6. The van der Waals surface area contributed by atoms with E-state index in [0.29, 0.717) is 0 Å². The Hall–Kier alpha value is -7.04. The van der Waals surface area contributed by atoms with Gasteiger partial charge in [0, 0.05) is 47.8 Å². The summed E-state index contributed by atoms with van der Waals surface area (Å²) in [6.07, 6.45) is 0.486. The van der Waals surface area contributed by atoms with Crippen molar-refractivity contribution in [1.82, 2.24) is 9.13 Å². The number of aromatic nitrogens is 2. The summed E-state index contributed by atoms with van der Waals surface area (Å²) in [5, 5.41) is -1.02. The molecule has 0 aliphatic heterocycles. The zero-order valence-corrected chi connectivity index (χ0v) is 29.6. The zero-order valence-electron chi connectivity index (χ0n) is 29.6. The van der Waals surface area contributed by atoms with Gasteiger partial charge in [0.15, 0.2) is 21.7 Å². The Labute approximate surface area is 311 Å². The molecule has 8 rings (SSSR count). The lowest BCUT2D eigenvalue weighted by molar-refractivity contribution is 0.0439. The minimum absolute atomic E-state index is 0.0492. The van der Waals surface area contributed by atoms with Crippen LogP contribution in [0.1, 0.15) is 12.8 Å². The van der Waals surface area contributed by atoms with Gasteiger partial charge in [0.2, 0.25) is 0 Å². The summed E-state index contributed by atoms with van der Waals surface area (Å²) < 4.78 is 13.1. The van der Waals surface area contributed by atoms with E-state index in [1.807, 2.05) is 0 Å². The van der Waals surface area contributed by atoms with Crippen LogP contribution in [0.2, 0.25) is 0 Å². The molecule has 0 fully saturated rings.